The molecule has 1 aromatic heterocycles. The van der Waals surface area contributed by atoms with Gasteiger partial charge < -0.3 is 10.2 Å². The molecular formula is C24H26FN3O. The molecule has 1 amide bonds. The lowest BCUT2D eigenvalue weighted by molar-refractivity contribution is -0.115. The van der Waals surface area contributed by atoms with Gasteiger partial charge in [0.2, 0.25) is 5.91 Å². The molecular weight excluding hydrogens is 365 g/mol. The van der Waals surface area contributed by atoms with Gasteiger partial charge in [-0.25, -0.2) is 4.39 Å². The monoisotopic (exact) mass is 391 g/mol. The number of fused-ring (bicyclic) bond motifs is 1. The number of aryl methyl sites for hydroxylation is 2. The van der Waals surface area contributed by atoms with Gasteiger partial charge in [0.25, 0.3) is 0 Å². The molecule has 0 radical (unpaired) electrons. The number of amides is 1. The number of hydrogen-bond acceptors (Lipinski definition) is 3. The number of piperidine rings is 1. The van der Waals surface area contributed by atoms with Gasteiger partial charge in [0, 0.05) is 24.2 Å². The molecule has 1 saturated heterocycles. The fourth-order valence-corrected chi connectivity index (χ4v) is 4.20. The van der Waals surface area contributed by atoms with Crippen molar-refractivity contribution >= 4 is 28.2 Å². The van der Waals surface area contributed by atoms with Gasteiger partial charge in [-0.15, -0.1) is 0 Å². The van der Waals surface area contributed by atoms with E-state index in [0.29, 0.717) is 5.69 Å². The smallest absolute Gasteiger partial charge is 0.228 e. The molecule has 0 unspecified atom stereocenters. The second-order valence-electron chi connectivity index (χ2n) is 7.75. The van der Waals surface area contributed by atoms with Crippen LogP contribution in [0.4, 0.5) is 15.8 Å². The summed E-state index contributed by atoms with van der Waals surface area (Å²) < 4.78 is 13.9. The summed E-state index contributed by atoms with van der Waals surface area (Å²) in [7, 11) is 0. The maximum Gasteiger partial charge on any atom is 0.228 e. The third kappa shape index (κ3) is 4.09. The van der Waals surface area contributed by atoms with Crippen molar-refractivity contribution in [3.63, 3.8) is 0 Å². The molecule has 2 aromatic carbocycles. The molecule has 1 aliphatic heterocycles. The van der Waals surface area contributed by atoms with Gasteiger partial charge in [-0.1, -0.05) is 18.2 Å². The van der Waals surface area contributed by atoms with Crippen LogP contribution >= 0.6 is 0 Å². The highest BCUT2D eigenvalue weighted by molar-refractivity contribution is 5.96. The van der Waals surface area contributed by atoms with Gasteiger partial charge in [-0.3, -0.25) is 9.78 Å². The number of rotatable bonds is 4. The first-order valence-corrected chi connectivity index (χ1v) is 10.2. The Labute approximate surface area is 170 Å². The minimum Gasteiger partial charge on any atom is -0.370 e. The van der Waals surface area contributed by atoms with Gasteiger partial charge in [0.1, 0.15) is 5.82 Å². The molecule has 2 heterocycles. The number of nitrogens with one attached hydrogen (secondary N) is 1. The van der Waals surface area contributed by atoms with Crippen molar-refractivity contribution in [1.29, 1.82) is 0 Å². The SMILES string of the molecule is Cc1nc2ccccc2c(C)c1CC(=O)Nc1cc(F)ccc1N1CCCCC1. The van der Waals surface area contributed by atoms with E-state index in [0.717, 1.165) is 59.3 Å². The zero-order valence-electron chi connectivity index (χ0n) is 17.0. The lowest BCUT2D eigenvalue weighted by Gasteiger charge is -2.30. The van der Waals surface area contributed by atoms with E-state index in [-0.39, 0.29) is 18.1 Å². The summed E-state index contributed by atoms with van der Waals surface area (Å²) >= 11 is 0. The van der Waals surface area contributed by atoms with Crippen molar-refractivity contribution in [2.75, 3.05) is 23.3 Å². The molecule has 150 valence electrons. The number of anilines is 2. The van der Waals surface area contributed by atoms with E-state index in [4.69, 9.17) is 0 Å². The Bertz CT molecular complexity index is 1060. The van der Waals surface area contributed by atoms with Gasteiger partial charge in [-0.2, -0.15) is 0 Å². The molecule has 0 aliphatic carbocycles. The number of para-hydroxylation sites is 1. The Kier molecular flexibility index (Phi) is 5.47. The Morgan fingerprint density at radius 2 is 1.86 bits per heavy atom. The molecule has 1 fully saturated rings. The first kappa shape index (κ1) is 19.4. The number of carbonyl (C=O) groups is 1. The molecule has 29 heavy (non-hydrogen) atoms. The fourth-order valence-electron chi connectivity index (χ4n) is 4.20. The lowest BCUT2D eigenvalue weighted by atomic mass is 9.99. The number of benzene rings is 2. The second kappa shape index (κ2) is 8.19. The highest BCUT2D eigenvalue weighted by atomic mass is 19.1. The Balaban J connectivity index is 1.59. The topological polar surface area (TPSA) is 45.2 Å². The molecule has 3 aromatic rings. The summed E-state index contributed by atoms with van der Waals surface area (Å²) in [4.78, 5) is 19.8. The number of nitrogens with zero attached hydrogens (tertiary/aromatic N) is 2. The van der Waals surface area contributed by atoms with Crippen LogP contribution in [0.1, 0.15) is 36.1 Å². The highest BCUT2D eigenvalue weighted by Gasteiger charge is 2.18. The van der Waals surface area contributed by atoms with Crippen LogP contribution in [-0.2, 0) is 11.2 Å². The highest BCUT2D eigenvalue weighted by Crippen LogP contribution is 2.30. The fraction of sp³-hybridized carbons (Fsp3) is 0.333. The Hall–Kier alpha value is -2.95. The number of pyridine rings is 1. The van der Waals surface area contributed by atoms with Crippen molar-refractivity contribution in [3.05, 3.63) is 65.1 Å². The van der Waals surface area contributed by atoms with Crippen molar-refractivity contribution in [3.8, 4) is 0 Å². The van der Waals surface area contributed by atoms with Crippen molar-refractivity contribution < 1.29 is 9.18 Å². The summed E-state index contributed by atoms with van der Waals surface area (Å²) in [5, 5.41) is 4.01. The number of halogens is 1. The third-order valence-corrected chi connectivity index (χ3v) is 5.75. The summed E-state index contributed by atoms with van der Waals surface area (Å²) in [6, 6.07) is 12.6. The molecule has 1 aliphatic rings. The summed E-state index contributed by atoms with van der Waals surface area (Å²) in [5.74, 6) is -0.502. The Morgan fingerprint density at radius 1 is 1.10 bits per heavy atom. The zero-order chi connectivity index (χ0) is 20.4. The predicted molar refractivity (Wildman–Crippen MR) is 116 cm³/mol. The van der Waals surface area contributed by atoms with Crippen LogP contribution in [0, 0.1) is 19.7 Å². The summed E-state index contributed by atoms with van der Waals surface area (Å²) in [6.07, 6.45) is 3.66. The van der Waals surface area contributed by atoms with E-state index < -0.39 is 0 Å². The minimum absolute atomic E-state index is 0.155. The van der Waals surface area contributed by atoms with Crippen LogP contribution < -0.4 is 10.2 Å². The van der Waals surface area contributed by atoms with Crippen LogP contribution in [0.25, 0.3) is 10.9 Å². The van der Waals surface area contributed by atoms with Gasteiger partial charge >= 0.3 is 0 Å². The molecule has 0 bridgehead atoms. The minimum atomic E-state index is -0.346. The van der Waals surface area contributed by atoms with Crippen LogP contribution in [0.5, 0.6) is 0 Å². The number of hydrogen-bond donors (Lipinski definition) is 1. The molecule has 0 atom stereocenters. The number of aromatic nitrogens is 1. The van der Waals surface area contributed by atoms with E-state index in [2.05, 4.69) is 15.2 Å². The van der Waals surface area contributed by atoms with E-state index in [1.165, 1.54) is 18.6 Å². The maximum atomic E-state index is 13.9. The second-order valence-corrected chi connectivity index (χ2v) is 7.75. The Morgan fingerprint density at radius 3 is 2.66 bits per heavy atom. The predicted octanol–water partition coefficient (Wildman–Crippen LogP) is 5.16. The maximum absolute atomic E-state index is 13.9. The zero-order valence-corrected chi connectivity index (χ0v) is 17.0. The molecule has 1 N–H and O–H groups in total. The van der Waals surface area contributed by atoms with Crippen molar-refractivity contribution in [2.24, 2.45) is 0 Å². The largest absolute Gasteiger partial charge is 0.370 e. The number of carbonyl (C=O) groups excluding carboxylic acids is 1. The standard InChI is InChI=1S/C24H26FN3O/c1-16-19-8-4-5-9-21(19)26-17(2)20(16)15-24(29)27-22-14-18(25)10-11-23(22)28-12-6-3-7-13-28/h4-5,8-11,14H,3,6-7,12-13,15H2,1-2H3,(H,27,29). The van der Waals surface area contributed by atoms with Crippen molar-refractivity contribution in [2.45, 2.75) is 39.5 Å². The van der Waals surface area contributed by atoms with E-state index in [9.17, 15) is 9.18 Å². The molecule has 5 heteroatoms. The molecule has 4 rings (SSSR count). The molecule has 0 spiro atoms. The first-order valence-electron chi connectivity index (χ1n) is 10.2. The summed E-state index contributed by atoms with van der Waals surface area (Å²) in [6.45, 7) is 5.83. The van der Waals surface area contributed by atoms with E-state index in [1.807, 2.05) is 38.1 Å². The average molecular weight is 391 g/mol. The molecule has 4 nitrogen and oxygen atoms in total. The van der Waals surface area contributed by atoms with Gasteiger partial charge in [-0.05, 0) is 68.5 Å². The summed E-state index contributed by atoms with van der Waals surface area (Å²) in [5.41, 5.74) is 5.22. The van der Waals surface area contributed by atoms with Gasteiger partial charge in [0.05, 0.1) is 23.3 Å². The first-order chi connectivity index (χ1) is 14.0. The van der Waals surface area contributed by atoms with Crippen LogP contribution in [0.3, 0.4) is 0 Å². The van der Waals surface area contributed by atoms with Crippen LogP contribution in [0.15, 0.2) is 42.5 Å². The molecule has 0 saturated carbocycles. The van der Waals surface area contributed by atoms with Crippen molar-refractivity contribution in [1.82, 2.24) is 4.98 Å². The lowest BCUT2D eigenvalue weighted by Crippen LogP contribution is -2.30. The van der Waals surface area contributed by atoms with E-state index >= 15 is 0 Å². The van der Waals surface area contributed by atoms with E-state index in [1.54, 1.807) is 6.07 Å². The quantitative estimate of drug-likeness (QED) is 0.668. The van der Waals surface area contributed by atoms with Gasteiger partial charge in [0.15, 0.2) is 0 Å². The van der Waals surface area contributed by atoms with Crippen LogP contribution in [0.2, 0.25) is 0 Å². The van der Waals surface area contributed by atoms with Crippen LogP contribution in [-0.4, -0.2) is 24.0 Å². The average Bonchev–Trinajstić information content (AvgIpc) is 2.72. The normalized spacial score (nSPS) is 14.2. The third-order valence-electron chi connectivity index (χ3n) is 5.75.